The summed E-state index contributed by atoms with van der Waals surface area (Å²) < 4.78 is 18.1. The molecule has 1 N–H and O–H groups in total. The van der Waals surface area contributed by atoms with E-state index in [2.05, 4.69) is 10.1 Å². The Hall–Kier alpha value is -2.40. The molecule has 0 aromatic heterocycles. The highest BCUT2D eigenvalue weighted by Gasteiger charge is 2.13. The lowest BCUT2D eigenvalue weighted by molar-refractivity contribution is -0.115. The van der Waals surface area contributed by atoms with Crippen LogP contribution in [0.1, 0.15) is 15.9 Å². The fourth-order valence-electron chi connectivity index (χ4n) is 1.89. The minimum absolute atomic E-state index is 0.108. The number of carbonyl (C=O) groups is 2. The average Bonchev–Trinajstić information content (AvgIpc) is 2.50. The first kappa shape index (κ1) is 16.0. The van der Waals surface area contributed by atoms with E-state index in [0.29, 0.717) is 11.3 Å². The van der Waals surface area contributed by atoms with Crippen LogP contribution < -0.4 is 5.32 Å². The topological polar surface area (TPSA) is 55.4 Å². The summed E-state index contributed by atoms with van der Waals surface area (Å²) in [4.78, 5) is 23.5. The van der Waals surface area contributed by atoms with Crippen LogP contribution in [0.15, 0.2) is 42.5 Å². The maximum absolute atomic E-state index is 13.5. The normalized spacial score (nSPS) is 10.1. The predicted octanol–water partition coefficient (Wildman–Crippen LogP) is 3.45. The summed E-state index contributed by atoms with van der Waals surface area (Å²) in [6.07, 6.45) is -0.108. The second kappa shape index (κ2) is 7.04. The largest absolute Gasteiger partial charge is 0.465 e. The number of anilines is 1. The Morgan fingerprint density at radius 2 is 1.95 bits per heavy atom. The summed E-state index contributed by atoms with van der Waals surface area (Å²) in [7, 11) is 1.24. The SMILES string of the molecule is COC(=O)c1cc(NC(=O)Cc2ccccc2F)ccc1Cl. The van der Waals surface area contributed by atoms with E-state index in [4.69, 9.17) is 11.6 Å². The van der Waals surface area contributed by atoms with Crippen LogP contribution in [0.25, 0.3) is 0 Å². The first-order valence-corrected chi connectivity index (χ1v) is 6.80. The molecule has 0 saturated carbocycles. The van der Waals surface area contributed by atoms with Crippen molar-refractivity contribution in [3.8, 4) is 0 Å². The number of nitrogens with one attached hydrogen (secondary N) is 1. The molecule has 0 radical (unpaired) electrons. The van der Waals surface area contributed by atoms with E-state index in [1.165, 1.54) is 31.4 Å². The maximum Gasteiger partial charge on any atom is 0.339 e. The van der Waals surface area contributed by atoms with Gasteiger partial charge in [0, 0.05) is 5.69 Å². The molecular formula is C16H13ClFNO3. The lowest BCUT2D eigenvalue weighted by Crippen LogP contribution is -2.15. The van der Waals surface area contributed by atoms with Crippen molar-refractivity contribution in [3.63, 3.8) is 0 Å². The number of ether oxygens (including phenoxy) is 1. The molecule has 0 bridgehead atoms. The number of amides is 1. The van der Waals surface area contributed by atoms with Crippen molar-refractivity contribution in [1.82, 2.24) is 0 Å². The molecule has 0 heterocycles. The third-order valence-corrected chi connectivity index (χ3v) is 3.29. The Balaban J connectivity index is 2.12. The molecule has 0 spiro atoms. The predicted molar refractivity (Wildman–Crippen MR) is 81.5 cm³/mol. The average molecular weight is 322 g/mol. The Kier molecular flexibility index (Phi) is 5.12. The highest BCUT2D eigenvalue weighted by molar-refractivity contribution is 6.33. The van der Waals surface area contributed by atoms with E-state index >= 15 is 0 Å². The molecule has 1 amide bonds. The van der Waals surface area contributed by atoms with Crippen LogP contribution in [0.2, 0.25) is 5.02 Å². The van der Waals surface area contributed by atoms with E-state index in [1.807, 2.05) is 0 Å². The first-order chi connectivity index (χ1) is 10.5. The van der Waals surface area contributed by atoms with Crippen molar-refractivity contribution >= 4 is 29.2 Å². The van der Waals surface area contributed by atoms with E-state index in [0.717, 1.165) is 0 Å². The lowest BCUT2D eigenvalue weighted by Gasteiger charge is -2.08. The Bertz CT molecular complexity index is 718. The highest BCUT2D eigenvalue weighted by Crippen LogP contribution is 2.21. The molecule has 6 heteroatoms. The molecule has 0 atom stereocenters. The maximum atomic E-state index is 13.5. The van der Waals surface area contributed by atoms with Gasteiger partial charge in [0.15, 0.2) is 0 Å². The van der Waals surface area contributed by atoms with Gasteiger partial charge in [-0.15, -0.1) is 0 Å². The molecule has 0 unspecified atom stereocenters. The molecule has 0 saturated heterocycles. The fraction of sp³-hybridized carbons (Fsp3) is 0.125. The van der Waals surface area contributed by atoms with E-state index < -0.39 is 17.7 Å². The standard InChI is InChI=1S/C16H13ClFNO3/c1-22-16(21)12-9-11(6-7-13(12)17)19-15(20)8-10-4-2-3-5-14(10)18/h2-7,9H,8H2,1H3,(H,19,20). The van der Waals surface area contributed by atoms with Crippen LogP contribution in [-0.4, -0.2) is 19.0 Å². The molecular weight excluding hydrogens is 309 g/mol. The summed E-state index contributed by atoms with van der Waals surface area (Å²) in [5, 5.41) is 2.81. The third-order valence-electron chi connectivity index (χ3n) is 2.96. The van der Waals surface area contributed by atoms with Crippen LogP contribution in [0.3, 0.4) is 0 Å². The number of esters is 1. The number of rotatable bonds is 4. The van der Waals surface area contributed by atoms with Gasteiger partial charge in [0.2, 0.25) is 5.91 Å². The van der Waals surface area contributed by atoms with E-state index in [9.17, 15) is 14.0 Å². The number of benzene rings is 2. The van der Waals surface area contributed by atoms with Gasteiger partial charge in [0.25, 0.3) is 0 Å². The molecule has 114 valence electrons. The van der Waals surface area contributed by atoms with Crippen molar-refractivity contribution in [2.45, 2.75) is 6.42 Å². The zero-order valence-corrected chi connectivity index (χ0v) is 12.5. The molecule has 2 aromatic rings. The Morgan fingerprint density at radius 3 is 2.64 bits per heavy atom. The quantitative estimate of drug-likeness (QED) is 0.878. The summed E-state index contributed by atoms with van der Waals surface area (Å²) in [5.74, 6) is -1.44. The van der Waals surface area contributed by atoms with Gasteiger partial charge in [-0.25, -0.2) is 9.18 Å². The van der Waals surface area contributed by atoms with Gasteiger partial charge in [-0.2, -0.15) is 0 Å². The molecule has 4 nitrogen and oxygen atoms in total. The molecule has 0 aliphatic rings. The Morgan fingerprint density at radius 1 is 1.23 bits per heavy atom. The van der Waals surface area contributed by atoms with Crippen LogP contribution in [-0.2, 0) is 16.0 Å². The summed E-state index contributed by atoms with van der Waals surface area (Å²) >= 11 is 5.89. The molecule has 2 aromatic carbocycles. The van der Waals surface area contributed by atoms with Gasteiger partial charge in [-0.1, -0.05) is 29.8 Å². The van der Waals surface area contributed by atoms with Gasteiger partial charge < -0.3 is 10.1 Å². The second-order valence-electron chi connectivity index (χ2n) is 4.50. The van der Waals surface area contributed by atoms with Crippen molar-refractivity contribution < 1.29 is 18.7 Å². The van der Waals surface area contributed by atoms with Gasteiger partial charge in [0.05, 0.1) is 24.1 Å². The minimum atomic E-state index is -0.602. The van der Waals surface area contributed by atoms with E-state index in [-0.39, 0.29) is 17.0 Å². The highest BCUT2D eigenvalue weighted by atomic mass is 35.5. The third kappa shape index (κ3) is 3.83. The summed E-state index contributed by atoms with van der Waals surface area (Å²) in [5.41, 5.74) is 0.821. The smallest absolute Gasteiger partial charge is 0.339 e. The zero-order valence-electron chi connectivity index (χ0n) is 11.7. The fourth-order valence-corrected chi connectivity index (χ4v) is 2.08. The van der Waals surface area contributed by atoms with Crippen molar-refractivity contribution in [1.29, 1.82) is 0 Å². The van der Waals surface area contributed by atoms with Gasteiger partial charge >= 0.3 is 5.97 Å². The number of hydrogen-bond acceptors (Lipinski definition) is 3. The lowest BCUT2D eigenvalue weighted by atomic mass is 10.1. The van der Waals surface area contributed by atoms with Crippen LogP contribution in [0.4, 0.5) is 10.1 Å². The van der Waals surface area contributed by atoms with Gasteiger partial charge in [-0.05, 0) is 29.8 Å². The van der Waals surface area contributed by atoms with Gasteiger partial charge in [0.1, 0.15) is 5.82 Å². The number of halogens is 2. The van der Waals surface area contributed by atoms with Crippen LogP contribution in [0, 0.1) is 5.82 Å². The van der Waals surface area contributed by atoms with Crippen molar-refractivity contribution in [3.05, 3.63) is 64.4 Å². The van der Waals surface area contributed by atoms with Crippen molar-refractivity contribution in [2.75, 3.05) is 12.4 Å². The molecule has 22 heavy (non-hydrogen) atoms. The molecule has 0 fully saturated rings. The molecule has 0 aliphatic heterocycles. The van der Waals surface area contributed by atoms with Gasteiger partial charge in [-0.3, -0.25) is 4.79 Å². The number of carbonyl (C=O) groups excluding carboxylic acids is 2. The van der Waals surface area contributed by atoms with Crippen molar-refractivity contribution in [2.24, 2.45) is 0 Å². The molecule has 2 rings (SSSR count). The monoisotopic (exact) mass is 321 g/mol. The summed E-state index contributed by atoms with van der Waals surface area (Å²) in [6, 6.07) is 10.5. The number of methoxy groups -OCH3 is 1. The Labute approximate surface area is 131 Å². The minimum Gasteiger partial charge on any atom is -0.465 e. The zero-order chi connectivity index (χ0) is 16.1. The molecule has 0 aliphatic carbocycles. The second-order valence-corrected chi connectivity index (χ2v) is 4.91. The summed E-state index contributed by atoms with van der Waals surface area (Å²) in [6.45, 7) is 0. The van der Waals surface area contributed by atoms with Crippen LogP contribution >= 0.6 is 11.6 Å². The van der Waals surface area contributed by atoms with Crippen LogP contribution in [0.5, 0.6) is 0 Å². The number of hydrogen-bond donors (Lipinski definition) is 1. The first-order valence-electron chi connectivity index (χ1n) is 6.42. The van der Waals surface area contributed by atoms with E-state index in [1.54, 1.807) is 18.2 Å².